The maximum Gasteiger partial charge on any atom is 0.253 e. The van der Waals surface area contributed by atoms with Crippen molar-refractivity contribution in [3.8, 4) is 11.5 Å². The van der Waals surface area contributed by atoms with Crippen LogP contribution < -0.4 is 20.1 Å². The molecule has 0 bridgehead atoms. The third-order valence-electron chi connectivity index (χ3n) is 3.60. The van der Waals surface area contributed by atoms with E-state index in [9.17, 15) is 4.79 Å². The number of nitrogens with zero attached hydrogens (tertiary/aromatic N) is 1. The molecule has 5 heteroatoms. The minimum absolute atomic E-state index is 0.144. The van der Waals surface area contributed by atoms with Gasteiger partial charge in [-0.3, -0.25) is 9.69 Å². The molecule has 0 aliphatic carbocycles. The number of ether oxygens (including phenoxy) is 2. The van der Waals surface area contributed by atoms with Gasteiger partial charge in [0, 0.05) is 17.3 Å². The van der Waals surface area contributed by atoms with Gasteiger partial charge in [-0.05, 0) is 18.2 Å². The lowest BCUT2D eigenvalue weighted by atomic mass is 10.1. The van der Waals surface area contributed by atoms with E-state index in [1.807, 2.05) is 36.4 Å². The summed E-state index contributed by atoms with van der Waals surface area (Å²) in [6.45, 7) is 0.201. The van der Waals surface area contributed by atoms with Crippen LogP contribution in [0.3, 0.4) is 0 Å². The summed E-state index contributed by atoms with van der Waals surface area (Å²) in [4.78, 5) is 14.0. The smallest absolute Gasteiger partial charge is 0.253 e. The minimum atomic E-state index is -0.667. The fraction of sp³-hybridized carbons (Fsp3) is 0.133. The Morgan fingerprint density at radius 3 is 2.55 bits per heavy atom. The van der Waals surface area contributed by atoms with E-state index in [1.165, 1.54) is 0 Å². The van der Waals surface area contributed by atoms with Gasteiger partial charge in [-0.1, -0.05) is 18.2 Å². The van der Waals surface area contributed by atoms with Crippen molar-refractivity contribution in [3.63, 3.8) is 0 Å². The first-order chi connectivity index (χ1) is 9.75. The number of nitrogens with two attached hydrogens (primary N) is 1. The molecule has 1 amide bonds. The molecule has 0 saturated carbocycles. The predicted molar refractivity (Wildman–Crippen MR) is 73.1 cm³/mol. The van der Waals surface area contributed by atoms with E-state index in [2.05, 4.69) is 0 Å². The number of carbonyl (C=O) groups excluding carboxylic acids is 1. The zero-order valence-corrected chi connectivity index (χ0v) is 10.6. The van der Waals surface area contributed by atoms with Crippen LogP contribution >= 0.6 is 0 Å². The average Bonchev–Trinajstić information content (AvgIpc) is 3.02. The van der Waals surface area contributed by atoms with Gasteiger partial charge in [-0.2, -0.15) is 0 Å². The summed E-state index contributed by atoms with van der Waals surface area (Å²) < 4.78 is 10.7. The van der Waals surface area contributed by atoms with Crippen molar-refractivity contribution in [1.29, 1.82) is 0 Å². The fourth-order valence-electron chi connectivity index (χ4n) is 2.62. The molecule has 100 valence electrons. The fourth-order valence-corrected chi connectivity index (χ4v) is 2.62. The van der Waals surface area contributed by atoms with Crippen LogP contribution in [0.4, 0.5) is 11.4 Å². The van der Waals surface area contributed by atoms with Crippen LogP contribution in [0.2, 0.25) is 0 Å². The van der Waals surface area contributed by atoms with Gasteiger partial charge in [-0.25, -0.2) is 0 Å². The van der Waals surface area contributed by atoms with Gasteiger partial charge >= 0.3 is 0 Å². The summed E-state index contributed by atoms with van der Waals surface area (Å²) >= 11 is 0. The Hall–Kier alpha value is -2.53. The quantitative estimate of drug-likeness (QED) is 0.860. The van der Waals surface area contributed by atoms with Gasteiger partial charge < -0.3 is 15.2 Å². The lowest BCUT2D eigenvalue weighted by Gasteiger charge is -2.17. The standard InChI is InChI=1S/C15H12N2O3/c16-14-10-6-12-13(20-8-19-12)7-11(10)17(15(14)18)9-4-2-1-3-5-9/h1-7,14H,8,16H2. The van der Waals surface area contributed by atoms with Gasteiger partial charge in [0.1, 0.15) is 6.04 Å². The Morgan fingerprint density at radius 2 is 1.80 bits per heavy atom. The molecule has 1 atom stereocenters. The maximum absolute atomic E-state index is 12.4. The van der Waals surface area contributed by atoms with Crippen molar-refractivity contribution in [2.24, 2.45) is 5.73 Å². The number of para-hydroxylation sites is 1. The Bertz CT molecular complexity index is 700. The lowest BCUT2D eigenvalue weighted by Crippen LogP contribution is -2.27. The summed E-state index contributed by atoms with van der Waals surface area (Å²) in [5, 5.41) is 0. The Kier molecular flexibility index (Phi) is 2.25. The zero-order valence-electron chi connectivity index (χ0n) is 10.6. The van der Waals surface area contributed by atoms with E-state index < -0.39 is 6.04 Å². The number of hydrogen-bond acceptors (Lipinski definition) is 4. The summed E-state index contributed by atoms with van der Waals surface area (Å²) in [6.07, 6.45) is 0. The molecule has 5 nitrogen and oxygen atoms in total. The molecule has 0 spiro atoms. The number of hydrogen-bond donors (Lipinski definition) is 1. The van der Waals surface area contributed by atoms with Gasteiger partial charge in [0.25, 0.3) is 5.91 Å². The highest BCUT2D eigenvalue weighted by atomic mass is 16.7. The topological polar surface area (TPSA) is 64.8 Å². The molecular weight excluding hydrogens is 256 g/mol. The SMILES string of the molecule is NC1C(=O)N(c2ccccc2)c2cc3c(cc21)OCO3. The average molecular weight is 268 g/mol. The molecule has 0 saturated heterocycles. The van der Waals surface area contributed by atoms with Gasteiger partial charge in [-0.15, -0.1) is 0 Å². The Morgan fingerprint density at radius 1 is 1.10 bits per heavy atom. The zero-order chi connectivity index (χ0) is 13.7. The van der Waals surface area contributed by atoms with E-state index in [0.29, 0.717) is 11.5 Å². The van der Waals surface area contributed by atoms with Crippen molar-refractivity contribution < 1.29 is 14.3 Å². The van der Waals surface area contributed by atoms with Crippen LogP contribution in [0.25, 0.3) is 0 Å². The first-order valence-electron chi connectivity index (χ1n) is 6.34. The van der Waals surface area contributed by atoms with Crippen LogP contribution in [0, 0.1) is 0 Å². The summed E-state index contributed by atoms with van der Waals surface area (Å²) in [5.74, 6) is 1.14. The molecular formula is C15H12N2O3. The molecule has 1 unspecified atom stereocenters. The van der Waals surface area contributed by atoms with E-state index in [4.69, 9.17) is 15.2 Å². The number of amides is 1. The molecule has 2 heterocycles. The van der Waals surface area contributed by atoms with E-state index >= 15 is 0 Å². The van der Waals surface area contributed by atoms with Gasteiger partial charge in [0.15, 0.2) is 11.5 Å². The number of fused-ring (bicyclic) bond motifs is 2. The monoisotopic (exact) mass is 268 g/mol. The first-order valence-corrected chi connectivity index (χ1v) is 6.34. The molecule has 2 aliphatic rings. The lowest BCUT2D eigenvalue weighted by molar-refractivity contribution is -0.118. The third kappa shape index (κ3) is 1.44. The highest BCUT2D eigenvalue weighted by molar-refractivity contribution is 6.10. The number of carbonyl (C=O) groups is 1. The highest BCUT2D eigenvalue weighted by Crippen LogP contribution is 2.46. The summed E-state index contributed by atoms with van der Waals surface area (Å²) in [5.41, 5.74) is 8.35. The van der Waals surface area contributed by atoms with E-state index in [1.54, 1.807) is 11.0 Å². The largest absolute Gasteiger partial charge is 0.454 e. The second-order valence-electron chi connectivity index (χ2n) is 4.75. The van der Waals surface area contributed by atoms with Crippen molar-refractivity contribution in [3.05, 3.63) is 48.0 Å². The Labute approximate surface area is 115 Å². The Balaban J connectivity index is 1.90. The molecule has 20 heavy (non-hydrogen) atoms. The molecule has 2 aromatic rings. The highest BCUT2D eigenvalue weighted by Gasteiger charge is 2.37. The maximum atomic E-state index is 12.4. The second-order valence-corrected chi connectivity index (χ2v) is 4.75. The summed E-state index contributed by atoms with van der Waals surface area (Å²) in [7, 11) is 0. The van der Waals surface area contributed by atoms with Crippen molar-refractivity contribution in [2.45, 2.75) is 6.04 Å². The second kappa shape index (κ2) is 3.98. The molecule has 0 fully saturated rings. The molecule has 2 N–H and O–H groups in total. The molecule has 0 radical (unpaired) electrons. The molecule has 2 aromatic carbocycles. The predicted octanol–water partition coefficient (Wildman–Crippen LogP) is 2.09. The molecule has 0 aromatic heterocycles. The van der Waals surface area contributed by atoms with Gasteiger partial charge in [0.05, 0.1) is 5.69 Å². The van der Waals surface area contributed by atoms with Crippen molar-refractivity contribution in [1.82, 2.24) is 0 Å². The van der Waals surface area contributed by atoms with E-state index in [-0.39, 0.29) is 12.7 Å². The van der Waals surface area contributed by atoms with Crippen LogP contribution in [0.1, 0.15) is 11.6 Å². The van der Waals surface area contributed by atoms with Crippen LogP contribution in [0.15, 0.2) is 42.5 Å². The first kappa shape index (κ1) is 11.3. The van der Waals surface area contributed by atoms with E-state index in [0.717, 1.165) is 16.9 Å². The van der Waals surface area contributed by atoms with Crippen LogP contribution in [-0.2, 0) is 4.79 Å². The minimum Gasteiger partial charge on any atom is -0.454 e. The number of rotatable bonds is 1. The molecule has 2 aliphatic heterocycles. The summed E-state index contributed by atoms with van der Waals surface area (Å²) in [6, 6.07) is 12.4. The third-order valence-corrected chi connectivity index (χ3v) is 3.60. The number of benzene rings is 2. The molecule has 4 rings (SSSR count). The van der Waals surface area contributed by atoms with Crippen molar-refractivity contribution in [2.75, 3.05) is 11.7 Å². The van der Waals surface area contributed by atoms with Gasteiger partial charge in [0.2, 0.25) is 6.79 Å². The number of anilines is 2. The van der Waals surface area contributed by atoms with Crippen molar-refractivity contribution >= 4 is 17.3 Å². The normalized spacial score (nSPS) is 19.4. The van der Waals surface area contributed by atoms with Crippen LogP contribution in [0.5, 0.6) is 11.5 Å². The van der Waals surface area contributed by atoms with Crippen LogP contribution in [-0.4, -0.2) is 12.7 Å².